The molecule has 1 aliphatic rings. The van der Waals surface area contributed by atoms with E-state index in [1.165, 1.54) is 0 Å². The third kappa shape index (κ3) is 2.54. The Labute approximate surface area is 100 Å². The summed E-state index contributed by atoms with van der Waals surface area (Å²) in [4.78, 5) is 10.9. The molecule has 2 rings (SSSR count). The van der Waals surface area contributed by atoms with E-state index in [2.05, 4.69) is 0 Å². The van der Waals surface area contributed by atoms with Gasteiger partial charge < -0.3 is 19.4 Å². The van der Waals surface area contributed by atoms with Crippen molar-refractivity contribution in [3.63, 3.8) is 0 Å². The molecule has 1 aliphatic heterocycles. The molecule has 0 bridgehead atoms. The largest absolute Gasteiger partial charge is 0.386 e. The molecule has 1 heterocycles. The highest BCUT2D eigenvalue weighted by Crippen LogP contribution is 2.34. The summed E-state index contributed by atoms with van der Waals surface area (Å²) in [7, 11) is 0. The van der Waals surface area contributed by atoms with E-state index in [9.17, 15) is 9.90 Å². The first-order chi connectivity index (χ1) is 8.03. The highest BCUT2D eigenvalue weighted by molar-refractivity contribution is 5.58. The fraction of sp³-hybridized carbons (Fsp3) is 0.462. The summed E-state index contributed by atoms with van der Waals surface area (Å²) in [6.07, 6.45) is -1.59. The first-order valence-electron chi connectivity index (χ1n) is 5.57. The fourth-order valence-electron chi connectivity index (χ4n) is 2.01. The topological polar surface area (TPSA) is 55.8 Å². The van der Waals surface area contributed by atoms with Gasteiger partial charge in [0.1, 0.15) is 18.3 Å². The molecule has 1 N–H and O–H groups in total. The van der Waals surface area contributed by atoms with Crippen molar-refractivity contribution in [3.8, 4) is 0 Å². The van der Waals surface area contributed by atoms with Gasteiger partial charge in [-0.3, -0.25) is 0 Å². The second-order valence-electron chi connectivity index (χ2n) is 4.56. The highest BCUT2D eigenvalue weighted by Gasteiger charge is 2.45. The third-order valence-corrected chi connectivity index (χ3v) is 2.75. The van der Waals surface area contributed by atoms with Crippen LogP contribution >= 0.6 is 0 Å². The van der Waals surface area contributed by atoms with Crippen LogP contribution in [0.3, 0.4) is 0 Å². The number of carbonyl (C=O) groups is 1. The van der Waals surface area contributed by atoms with E-state index < -0.39 is 24.1 Å². The zero-order valence-corrected chi connectivity index (χ0v) is 9.87. The average Bonchev–Trinajstić information content (AvgIpc) is 2.65. The van der Waals surface area contributed by atoms with E-state index in [0.717, 1.165) is 0 Å². The number of benzene rings is 1. The Morgan fingerprint density at radius 2 is 1.94 bits per heavy atom. The van der Waals surface area contributed by atoms with Crippen LogP contribution in [0.4, 0.5) is 0 Å². The average molecular weight is 236 g/mol. The molecular weight excluding hydrogens is 220 g/mol. The van der Waals surface area contributed by atoms with Crippen molar-refractivity contribution in [2.24, 2.45) is 0 Å². The normalized spacial score (nSPS) is 28.9. The van der Waals surface area contributed by atoms with Crippen molar-refractivity contribution in [2.75, 3.05) is 0 Å². The Hall–Kier alpha value is -1.23. The van der Waals surface area contributed by atoms with Crippen LogP contribution in [0.5, 0.6) is 0 Å². The molecule has 1 aromatic rings. The number of carbonyl (C=O) groups excluding carboxylic acids is 1. The van der Waals surface area contributed by atoms with Gasteiger partial charge in [0.25, 0.3) is 0 Å². The van der Waals surface area contributed by atoms with Gasteiger partial charge in [-0.25, -0.2) is 0 Å². The first-order valence-corrected chi connectivity index (χ1v) is 5.57. The summed E-state index contributed by atoms with van der Waals surface area (Å²) in [5.74, 6) is -0.841. The molecule has 0 amide bonds. The predicted octanol–water partition coefficient (Wildman–Crippen LogP) is 1.44. The minimum atomic E-state index is -0.867. The standard InChI is InChI=1S/C13H16O4/c1-13(2)16-10(8-14)12(17-13)11(15)9-6-4-3-5-7-9/h3-8,10-12,15H,1-2H3/t10-,11?,12+/m0/s1. The number of hydrogen-bond acceptors (Lipinski definition) is 4. The van der Waals surface area contributed by atoms with Crippen LogP contribution in [-0.4, -0.2) is 29.4 Å². The maximum Gasteiger partial charge on any atom is 0.164 e. The third-order valence-electron chi connectivity index (χ3n) is 2.75. The number of aliphatic hydroxyl groups excluding tert-OH is 1. The molecule has 92 valence electrons. The predicted molar refractivity (Wildman–Crippen MR) is 61.3 cm³/mol. The number of aldehydes is 1. The van der Waals surface area contributed by atoms with Crippen LogP contribution in [0.1, 0.15) is 25.5 Å². The molecule has 4 heteroatoms. The molecule has 4 nitrogen and oxygen atoms in total. The Morgan fingerprint density at radius 3 is 2.53 bits per heavy atom. The Balaban J connectivity index is 2.19. The molecular formula is C13H16O4. The number of hydrogen-bond donors (Lipinski definition) is 1. The summed E-state index contributed by atoms with van der Waals surface area (Å²) in [5, 5.41) is 10.2. The summed E-state index contributed by atoms with van der Waals surface area (Å²) < 4.78 is 11.0. The minimum Gasteiger partial charge on any atom is -0.386 e. The van der Waals surface area contributed by atoms with E-state index in [1.54, 1.807) is 26.0 Å². The van der Waals surface area contributed by atoms with Crippen LogP contribution in [0.2, 0.25) is 0 Å². The molecule has 0 aliphatic carbocycles. The molecule has 1 aromatic carbocycles. The zero-order chi connectivity index (χ0) is 12.5. The van der Waals surface area contributed by atoms with Crippen molar-refractivity contribution in [2.45, 2.75) is 37.9 Å². The molecule has 1 saturated heterocycles. The van der Waals surface area contributed by atoms with Gasteiger partial charge in [-0.2, -0.15) is 0 Å². The molecule has 0 radical (unpaired) electrons. The Bertz CT molecular complexity index is 388. The molecule has 3 atom stereocenters. The molecule has 1 fully saturated rings. The fourth-order valence-corrected chi connectivity index (χ4v) is 2.01. The highest BCUT2D eigenvalue weighted by atomic mass is 16.8. The maximum atomic E-state index is 10.9. The van der Waals surface area contributed by atoms with Crippen molar-refractivity contribution < 1.29 is 19.4 Å². The molecule has 0 spiro atoms. The van der Waals surface area contributed by atoms with Gasteiger partial charge in [0.05, 0.1) is 0 Å². The lowest BCUT2D eigenvalue weighted by Gasteiger charge is -2.21. The number of aliphatic hydroxyl groups is 1. The van der Waals surface area contributed by atoms with E-state index in [1.807, 2.05) is 18.2 Å². The minimum absolute atomic E-state index is 0.662. The second-order valence-corrected chi connectivity index (χ2v) is 4.56. The van der Waals surface area contributed by atoms with E-state index in [4.69, 9.17) is 9.47 Å². The number of ether oxygens (including phenoxy) is 2. The summed E-state index contributed by atoms with van der Waals surface area (Å²) in [6, 6.07) is 9.11. The Morgan fingerprint density at radius 1 is 1.29 bits per heavy atom. The summed E-state index contributed by atoms with van der Waals surface area (Å²) in [6.45, 7) is 3.45. The van der Waals surface area contributed by atoms with Crippen molar-refractivity contribution in [1.82, 2.24) is 0 Å². The van der Waals surface area contributed by atoms with Crippen LogP contribution in [0, 0.1) is 0 Å². The lowest BCUT2D eigenvalue weighted by molar-refractivity contribution is -0.157. The van der Waals surface area contributed by atoms with Gasteiger partial charge in [-0.1, -0.05) is 30.3 Å². The van der Waals surface area contributed by atoms with E-state index >= 15 is 0 Å². The van der Waals surface area contributed by atoms with Gasteiger partial charge in [0, 0.05) is 0 Å². The van der Waals surface area contributed by atoms with Gasteiger partial charge in [0.2, 0.25) is 0 Å². The number of rotatable bonds is 3. The molecule has 0 aromatic heterocycles. The molecule has 17 heavy (non-hydrogen) atoms. The van der Waals surface area contributed by atoms with Gasteiger partial charge in [0.15, 0.2) is 12.1 Å². The molecule has 0 saturated carbocycles. The van der Waals surface area contributed by atoms with E-state index in [0.29, 0.717) is 11.8 Å². The quantitative estimate of drug-likeness (QED) is 0.807. The van der Waals surface area contributed by atoms with Crippen LogP contribution in [0.15, 0.2) is 30.3 Å². The lowest BCUT2D eigenvalue weighted by atomic mass is 10.0. The van der Waals surface area contributed by atoms with Gasteiger partial charge in [-0.15, -0.1) is 0 Å². The van der Waals surface area contributed by atoms with Crippen LogP contribution < -0.4 is 0 Å². The SMILES string of the molecule is CC1(C)O[C@@H](C=O)[C@H](C(O)c2ccccc2)O1. The van der Waals surface area contributed by atoms with Crippen LogP contribution in [0.25, 0.3) is 0 Å². The van der Waals surface area contributed by atoms with Gasteiger partial charge >= 0.3 is 0 Å². The van der Waals surface area contributed by atoms with Crippen molar-refractivity contribution >= 4 is 6.29 Å². The Kier molecular flexibility index (Phi) is 3.28. The summed E-state index contributed by atoms with van der Waals surface area (Å²) >= 11 is 0. The van der Waals surface area contributed by atoms with E-state index in [-0.39, 0.29) is 0 Å². The smallest absolute Gasteiger partial charge is 0.164 e. The monoisotopic (exact) mass is 236 g/mol. The second kappa shape index (κ2) is 4.56. The van der Waals surface area contributed by atoms with Gasteiger partial charge in [-0.05, 0) is 19.4 Å². The van der Waals surface area contributed by atoms with Crippen LogP contribution in [-0.2, 0) is 14.3 Å². The van der Waals surface area contributed by atoms with Crippen molar-refractivity contribution in [3.05, 3.63) is 35.9 Å². The van der Waals surface area contributed by atoms with Crippen molar-refractivity contribution in [1.29, 1.82) is 0 Å². The maximum absolute atomic E-state index is 10.9. The first kappa shape index (κ1) is 12.2. The molecule has 1 unspecified atom stereocenters. The lowest BCUT2D eigenvalue weighted by Crippen LogP contribution is -2.30. The zero-order valence-electron chi connectivity index (χ0n) is 9.87. The summed E-state index contributed by atoms with van der Waals surface area (Å²) in [5.41, 5.74) is 0.714.